The Morgan fingerprint density at radius 2 is 2.11 bits per heavy atom. The quantitative estimate of drug-likeness (QED) is 0.895. The number of hydrogen-bond acceptors (Lipinski definition) is 2. The zero-order valence-corrected chi connectivity index (χ0v) is 12.9. The minimum atomic E-state index is 0.689. The number of nitrogens with one attached hydrogen (secondary N) is 1. The molecule has 1 N–H and O–H groups in total. The van der Waals surface area contributed by atoms with Crippen molar-refractivity contribution in [3.63, 3.8) is 0 Å². The smallest absolute Gasteiger partial charge is 0.0240 e. The molecule has 19 heavy (non-hydrogen) atoms. The van der Waals surface area contributed by atoms with E-state index in [1.807, 2.05) is 0 Å². The van der Waals surface area contributed by atoms with E-state index in [1.165, 1.54) is 29.7 Å². The van der Waals surface area contributed by atoms with E-state index in [4.69, 9.17) is 0 Å². The van der Waals surface area contributed by atoms with Crippen LogP contribution in [0.3, 0.4) is 0 Å². The highest BCUT2D eigenvalue weighted by molar-refractivity contribution is 5.30. The summed E-state index contributed by atoms with van der Waals surface area (Å²) < 4.78 is 0. The van der Waals surface area contributed by atoms with Crippen LogP contribution >= 0.6 is 0 Å². The molecule has 1 heterocycles. The maximum Gasteiger partial charge on any atom is 0.0240 e. The Labute approximate surface area is 118 Å². The van der Waals surface area contributed by atoms with Crippen molar-refractivity contribution in [3.05, 3.63) is 34.9 Å². The molecule has 1 aliphatic rings. The number of benzene rings is 1. The Morgan fingerprint density at radius 1 is 1.32 bits per heavy atom. The first-order chi connectivity index (χ1) is 9.06. The van der Waals surface area contributed by atoms with Crippen LogP contribution < -0.4 is 5.32 Å². The molecule has 1 atom stereocenters. The van der Waals surface area contributed by atoms with Crippen LogP contribution in [-0.4, -0.2) is 30.6 Å². The Bertz CT molecular complexity index is 412. The van der Waals surface area contributed by atoms with Crippen molar-refractivity contribution in [2.45, 2.75) is 46.7 Å². The predicted molar refractivity (Wildman–Crippen MR) is 82.4 cm³/mol. The maximum absolute atomic E-state index is 3.54. The van der Waals surface area contributed by atoms with Gasteiger partial charge in [-0.2, -0.15) is 0 Å². The summed E-state index contributed by atoms with van der Waals surface area (Å²) in [6, 6.07) is 7.50. The summed E-state index contributed by atoms with van der Waals surface area (Å²) in [5.41, 5.74) is 4.29. The molecular weight excluding hydrogens is 232 g/mol. The molecule has 1 saturated heterocycles. The van der Waals surface area contributed by atoms with Gasteiger partial charge in [0, 0.05) is 32.2 Å². The monoisotopic (exact) mass is 260 g/mol. The number of rotatable bonds is 4. The fourth-order valence-corrected chi connectivity index (χ4v) is 2.98. The number of nitrogens with zero attached hydrogens (tertiary/aromatic N) is 1. The summed E-state index contributed by atoms with van der Waals surface area (Å²) in [7, 11) is 0. The van der Waals surface area contributed by atoms with Crippen molar-refractivity contribution in [3.8, 4) is 0 Å². The highest BCUT2D eigenvalue weighted by Gasteiger charge is 2.23. The highest BCUT2D eigenvalue weighted by atomic mass is 15.2. The van der Waals surface area contributed by atoms with Crippen LogP contribution in [0.5, 0.6) is 0 Å². The molecule has 0 amide bonds. The van der Waals surface area contributed by atoms with Crippen LogP contribution in [0.15, 0.2) is 18.2 Å². The van der Waals surface area contributed by atoms with Gasteiger partial charge in [-0.1, -0.05) is 37.6 Å². The SMILES string of the molecule is Cc1ccc(C)c(CN2CCNCC2CC(C)C)c1. The summed E-state index contributed by atoms with van der Waals surface area (Å²) in [5, 5.41) is 3.54. The summed E-state index contributed by atoms with van der Waals surface area (Å²) in [5.74, 6) is 0.769. The molecule has 0 aliphatic carbocycles. The standard InChI is InChI=1S/C17H28N2/c1-13(2)9-17-11-18-7-8-19(17)12-16-10-14(3)5-6-15(16)4/h5-6,10,13,17-18H,7-9,11-12H2,1-4H3. The number of piperazine rings is 1. The third-order valence-electron chi connectivity index (χ3n) is 4.09. The van der Waals surface area contributed by atoms with Gasteiger partial charge in [0.15, 0.2) is 0 Å². The lowest BCUT2D eigenvalue weighted by molar-refractivity contribution is 0.134. The van der Waals surface area contributed by atoms with Crippen molar-refractivity contribution in [2.75, 3.05) is 19.6 Å². The van der Waals surface area contributed by atoms with Crippen LogP contribution in [0.2, 0.25) is 0 Å². The normalized spacial score (nSPS) is 21.0. The van der Waals surface area contributed by atoms with Gasteiger partial charge in [-0.3, -0.25) is 4.90 Å². The average molecular weight is 260 g/mol. The number of hydrogen-bond donors (Lipinski definition) is 1. The third kappa shape index (κ3) is 4.05. The van der Waals surface area contributed by atoms with E-state index in [-0.39, 0.29) is 0 Å². The number of aryl methyl sites for hydroxylation is 2. The lowest BCUT2D eigenvalue weighted by Crippen LogP contribution is -2.51. The van der Waals surface area contributed by atoms with Gasteiger partial charge in [-0.05, 0) is 37.3 Å². The van der Waals surface area contributed by atoms with Gasteiger partial charge in [0.2, 0.25) is 0 Å². The predicted octanol–water partition coefficient (Wildman–Crippen LogP) is 3.12. The first-order valence-corrected chi connectivity index (χ1v) is 7.57. The van der Waals surface area contributed by atoms with Crippen LogP contribution in [0.1, 0.15) is 37.0 Å². The van der Waals surface area contributed by atoms with Gasteiger partial charge in [-0.25, -0.2) is 0 Å². The molecule has 2 heteroatoms. The Morgan fingerprint density at radius 3 is 2.84 bits per heavy atom. The fourth-order valence-electron chi connectivity index (χ4n) is 2.98. The van der Waals surface area contributed by atoms with Gasteiger partial charge in [0.1, 0.15) is 0 Å². The van der Waals surface area contributed by atoms with Crippen molar-refractivity contribution in [1.82, 2.24) is 10.2 Å². The van der Waals surface area contributed by atoms with Crippen LogP contribution in [-0.2, 0) is 6.54 Å². The molecule has 1 aromatic rings. The van der Waals surface area contributed by atoms with Crippen LogP contribution in [0, 0.1) is 19.8 Å². The highest BCUT2D eigenvalue weighted by Crippen LogP contribution is 2.19. The van der Waals surface area contributed by atoms with E-state index in [0.29, 0.717) is 6.04 Å². The lowest BCUT2D eigenvalue weighted by atomic mass is 9.99. The molecule has 1 aromatic carbocycles. The van der Waals surface area contributed by atoms with Crippen LogP contribution in [0.4, 0.5) is 0 Å². The van der Waals surface area contributed by atoms with Crippen molar-refractivity contribution < 1.29 is 0 Å². The van der Waals surface area contributed by atoms with E-state index in [9.17, 15) is 0 Å². The molecule has 0 spiro atoms. The Balaban J connectivity index is 2.08. The summed E-state index contributed by atoms with van der Waals surface area (Å²) in [6.07, 6.45) is 1.29. The summed E-state index contributed by atoms with van der Waals surface area (Å²) in [4.78, 5) is 2.66. The summed E-state index contributed by atoms with van der Waals surface area (Å²) in [6.45, 7) is 13.6. The minimum Gasteiger partial charge on any atom is -0.314 e. The molecule has 1 fully saturated rings. The van der Waals surface area contributed by atoms with Crippen molar-refractivity contribution >= 4 is 0 Å². The molecule has 2 rings (SSSR count). The van der Waals surface area contributed by atoms with Gasteiger partial charge >= 0.3 is 0 Å². The van der Waals surface area contributed by atoms with E-state index in [0.717, 1.165) is 25.6 Å². The molecule has 1 aliphatic heterocycles. The molecule has 2 nitrogen and oxygen atoms in total. The Hall–Kier alpha value is -0.860. The third-order valence-corrected chi connectivity index (χ3v) is 4.09. The molecule has 0 aromatic heterocycles. The van der Waals surface area contributed by atoms with Gasteiger partial charge in [0.05, 0.1) is 0 Å². The minimum absolute atomic E-state index is 0.689. The first kappa shape index (κ1) is 14.5. The largest absolute Gasteiger partial charge is 0.314 e. The summed E-state index contributed by atoms with van der Waals surface area (Å²) >= 11 is 0. The first-order valence-electron chi connectivity index (χ1n) is 7.57. The van der Waals surface area contributed by atoms with Crippen LogP contribution in [0.25, 0.3) is 0 Å². The molecule has 0 radical (unpaired) electrons. The van der Waals surface area contributed by atoms with E-state index in [2.05, 4.69) is 56.1 Å². The second kappa shape index (κ2) is 6.53. The van der Waals surface area contributed by atoms with E-state index in [1.54, 1.807) is 0 Å². The van der Waals surface area contributed by atoms with E-state index < -0.39 is 0 Å². The molecule has 0 saturated carbocycles. The van der Waals surface area contributed by atoms with Crippen molar-refractivity contribution in [2.24, 2.45) is 5.92 Å². The molecule has 0 bridgehead atoms. The second-order valence-corrected chi connectivity index (χ2v) is 6.39. The average Bonchev–Trinajstić information content (AvgIpc) is 2.35. The maximum atomic E-state index is 3.54. The van der Waals surface area contributed by atoms with Crippen molar-refractivity contribution in [1.29, 1.82) is 0 Å². The van der Waals surface area contributed by atoms with E-state index >= 15 is 0 Å². The molecular formula is C17H28N2. The lowest BCUT2D eigenvalue weighted by Gasteiger charge is -2.37. The fraction of sp³-hybridized carbons (Fsp3) is 0.647. The topological polar surface area (TPSA) is 15.3 Å². The zero-order valence-electron chi connectivity index (χ0n) is 12.9. The Kier molecular flexibility index (Phi) is 5.00. The van der Waals surface area contributed by atoms with Gasteiger partial charge in [0.25, 0.3) is 0 Å². The van der Waals surface area contributed by atoms with Gasteiger partial charge in [-0.15, -0.1) is 0 Å². The van der Waals surface area contributed by atoms with Gasteiger partial charge < -0.3 is 5.32 Å². The molecule has 106 valence electrons. The second-order valence-electron chi connectivity index (χ2n) is 6.39. The molecule has 1 unspecified atom stereocenters. The zero-order chi connectivity index (χ0) is 13.8.